The minimum absolute atomic E-state index is 0.101. The van der Waals surface area contributed by atoms with Gasteiger partial charge in [-0.2, -0.15) is 0 Å². The van der Waals surface area contributed by atoms with Gasteiger partial charge in [-0.05, 0) is 95.1 Å². The molecule has 2 aliphatic rings. The molecular weight excluding hydrogens is 741 g/mol. The Labute approximate surface area is 355 Å². The standard InChI is InChI=1S/C59H40S/c1-4-18-40(19-5-1)41-36-34-39(35-37-41)38-50(46-29-16-25-42-20-10-11-26-45(42)46)47-30-17-33-53-54(47)48-27-12-14-31-51(48)59(53)52-32-15-13-28-49(52)55-56(59)58(44-23-8-3-9-24-44)60-57(55)43-21-6-2-7-22-43/h1-37,50H,38H2. The van der Waals surface area contributed by atoms with Gasteiger partial charge in [-0.3, -0.25) is 0 Å². The normalized spacial score (nSPS) is 15.1. The second kappa shape index (κ2) is 14.1. The van der Waals surface area contributed by atoms with E-state index in [9.17, 15) is 0 Å². The zero-order valence-corrected chi connectivity index (χ0v) is 33.9. The summed E-state index contributed by atoms with van der Waals surface area (Å²) in [4.78, 5) is 2.68. The highest BCUT2D eigenvalue weighted by Gasteiger charge is 2.55. The molecule has 0 radical (unpaired) electrons. The number of thiophene rings is 1. The lowest BCUT2D eigenvalue weighted by Gasteiger charge is -2.31. The maximum Gasteiger partial charge on any atom is 0.0740 e. The molecule has 60 heavy (non-hydrogen) atoms. The van der Waals surface area contributed by atoms with Crippen LogP contribution in [0, 0.1) is 0 Å². The zero-order valence-electron chi connectivity index (χ0n) is 33.1. The van der Waals surface area contributed by atoms with Crippen LogP contribution in [0.25, 0.3) is 65.0 Å². The van der Waals surface area contributed by atoms with Gasteiger partial charge in [0.1, 0.15) is 0 Å². The van der Waals surface area contributed by atoms with Gasteiger partial charge in [-0.15, -0.1) is 11.3 Å². The van der Waals surface area contributed by atoms with Gasteiger partial charge in [0.05, 0.1) is 5.41 Å². The molecule has 0 nitrogen and oxygen atoms in total. The molecule has 9 aromatic carbocycles. The van der Waals surface area contributed by atoms with Crippen LogP contribution in [0.5, 0.6) is 0 Å². The van der Waals surface area contributed by atoms with Crippen LogP contribution in [-0.2, 0) is 11.8 Å². The number of benzene rings is 9. The molecule has 0 bridgehead atoms. The Morgan fingerprint density at radius 1 is 0.367 bits per heavy atom. The summed E-state index contributed by atoms with van der Waals surface area (Å²) in [5, 5.41) is 2.59. The molecule has 10 aromatic rings. The summed E-state index contributed by atoms with van der Waals surface area (Å²) < 4.78 is 0. The average Bonchev–Trinajstić information content (AvgIpc) is 3.97. The number of fused-ring (bicyclic) bond motifs is 11. The maximum absolute atomic E-state index is 2.45. The summed E-state index contributed by atoms with van der Waals surface area (Å²) in [6.45, 7) is 0. The van der Waals surface area contributed by atoms with Crippen LogP contribution in [0.2, 0.25) is 0 Å². The SMILES string of the molecule is c1ccc(-c2ccc(CC(c3cccc4c3-c3ccccc3C43c4ccccc4-c4c(-c5ccccc5)sc(-c5ccccc5)c43)c3cccc4ccccc34)cc2)cc1. The maximum atomic E-state index is 2.45. The summed E-state index contributed by atoms with van der Waals surface area (Å²) in [7, 11) is 0. The van der Waals surface area contributed by atoms with Crippen molar-refractivity contribution in [3.8, 4) is 54.3 Å². The summed E-state index contributed by atoms with van der Waals surface area (Å²) >= 11 is 1.95. The molecule has 12 rings (SSSR count). The lowest BCUT2D eigenvalue weighted by Crippen LogP contribution is -2.26. The van der Waals surface area contributed by atoms with E-state index in [1.807, 2.05) is 11.3 Å². The quantitative estimate of drug-likeness (QED) is 0.151. The second-order valence-corrected chi connectivity index (χ2v) is 17.3. The fraction of sp³-hybridized carbons (Fsp3) is 0.0508. The third-order valence-corrected chi connectivity index (χ3v) is 14.4. The van der Waals surface area contributed by atoms with Crippen LogP contribution in [0.1, 0.15) is 44.9 Å². The first-order chi connectivity index (χ1) is 29.8. The van der Waals surface area contributed by atoms with E-state index in [-0.39, 0.29) is 5.92 Å². The summed E-state index contributed by atoms with van der Waals surface area (Å²) in [6, 6.07) is 83.8. The van der Waals surface area contributed by atoms with Gasteiger partial charge in [0.2, 0.25) is 0 Å². The first kappa shape index (κ1) is 34.9. The predicted octanol–water partition coefficient (Wildman–Crippen LogP) is 15.6. The minimum atomic E-state index is -0.497. The van der Waals surface area contributed by atoms with Crippen LogP contribution >= 0.6 is 11.3 Å². The van der Waals surface area contributed by atoms with Crippen molar-refractivity contribution in [1.82, 2.24) is 0 Å². The van der Waals surface area contributed by atoms with E-state index in [0.29, 0.717) is 0 Å². The second-order valence-electron chi connectivity index (χ2n) is 16.2. The highest BCUT2D eigenvalue weighted by Crippen LogP contribution is 2.68. The number of hydrogen-bond donors (Lipinski definition) is 0. The Morgan fingerprint density at radius 2 is 0.867 bits per heavy atom. The molecular formula is C59H40S. The van der Waals surface area contributed by atoms with Crippen molar-refractivity contribution in [3.63, 3.8) is 0 Å². The first-order valence-electron chi connectivity index (χ1n) is 21.0. The molecule has 0 N–H and O–H groups in total. The van der Waals surface area contributed by atoms with E-state index in [2.05, 4.69) is 224 Å². The Balaban J connectivity index is 1.14. The van der Waals surface area contributed by atoms with E-state index in [1.54, 1.807) is 0 Å². The molecule has 282 valence electrons. The van der Waals surface area contributed by atoms with Crippen molar-refractivity contribution in [2.24, 2.45) is 0 Å². The third-order valence-electron chi connectivity index (χ3n) is 13.1. The summed E-state index contributed by atoms with van der Waals surface area (Å²) in [6.07, 6.45) is 0.877. The van der Waals surface area contributed by atoms with Crippen LogP contribution in [0.3, 0.4) is 0 Å². The monoisotopic (exact) mass is 780 g/mol. The molecule has 1 aromatic heterocycles. The van der Waals surface area contributed by atoms with E-state index in [4.69, 9.17) is 0 Å². The summed E-state index contributed by atoms with van der Waals surface area (Å²) in [5.74, 6) is 0.101. The van der Waals surface area contributed by atoms with E-state index < -0.39 is 5.41 Å². The van der Waals surface area contributed by atoms with Crippen LogP contribution in [-0.4, -0.2) is 0 Å². The molecule has 0 saturated carbocycles. The Morgan fingerprint density at radius 3 is 1.57 bits per heavy atom. The number of rotatable bonds is 7. The van der Waals surface area contributed by atoms with Gasteiger partial charge in [0, 0.05) is 21.2 Å². The van der Waals surface area contributed by atoms with E-state index in [0.717, 1.165) is 6.42 Å². The molecule has 2 aliphatic carbocycles. The Hall–Kier alpha value is -7.06. The fourth-order valence-corrected chi connectivity index (χ4v) is 12.0. The van der Waals surface area contributed by atoms with E-state index >= 15 is 0 Å². The number of hydrogen-bond acceptors (Lipinski definition) is 1. The molecule has 0 saturated heterocycles. The molecule has 0 aliphatic heterocycles. The van der Waals surface area contributed by atoms with Crippen molar-refractivity contribution < 1.29 is 0 Å². The molecule has 1 heterocycles. The molecule has 1 heteroatoms. The Kier molecular flexibility index (Phi) is 8.18. The predicted molar refractivity (Wildman–Crippen MR) is 253 cm³/mol. The molecule has 2 atom stereocenters. The van der Waals surface area contributed by atoms with Gasteiger partial charge < -0.3 is 0 Å². The molecule has 0 fully saturated rings. The molecule has 1 spiro atoms. The van der Waals surface area contributed by atoms with Crippen LogP contribution in [0.4, 0.5) is 0 Å². The lowest BCUT2D eigenvalue weighted by molar-refractivity contribution is 0.787. The smallest absolute Gasteiger partial charge is 0.0740 e. The highest BCUT2D eigenvalue weighted by molar-refractivity contribution is 7.19. The molecule has 0 amide bonds. The topological polar surface area (TPSA) is 0 Å². The lowest BCUT2D eigenvalue weighted by atomic mass is 9.69. The van der Waals surface area contributed by atoms with Crippen molar-refractivity contribution in [3.05, 3.63) is 263 Å². The average molecular weight is 781 g/mol. The third kappa shape index (κ3) is 5.22. The van der Waals surface area contributed by atoms with Gasteiger partial charge >= 0.3 is 0 Å². The minimum Gasteiger partial charge on any atom is -0.134 e. The van der Waals surface area contributed by atoms with Gasteiger partial charge in [-0.25, -0.2) is 0 Å². The van der Waals surface area contributed by atoms with Crippen LogP contribution < -0.4 is 0 Å². The van der Waals surface area contributed by atoms with Crippen molar-refractivity contribution in [2.45, 2.75) is 17.8 Å². The van der Waals surface area contributed by atoms with Gasteiger partial charge in [0.15, 0.2) is 0 Å². The van der Waals surface area contributed by atoms with Crippen molar-refractivity contribution >= 4 is 22.1 Å². The van der Waals surface area contributed by atoms with Gasteiger partial charge in [-0.1, -0.05) is 224 Å². The van der Waals surface area contributed by atoms with Crippen LogP contribution in [0.15, 0.2) is 224 Å². The first-order valence-corrected chi connectivity index (χ1v) is 21.8. The Bertz CT molecular complexity index is 3210. The van der Waals surface area contributed by atoms with Crippen molar-refractivity contribution in [2.75, 3.05) is 0 Å². The fourth-order valence-electron chi connectivity index (χ4n) is 10.6. The van der Waals surface area contributed by atoms with E-state index in [1.165, 1.54) is 104 Å². The largest absolute Gasteiger partial charge is 0.134 e. The van der Waals surface area contributed by atoms with Gasteiger partial charge in [0.25, 0.3) is 0 Å². The molecule has 2 unspecified atom stereocenters. The zero-order chi connectivity index (χ0) is 39.6. The van der Waals surface area contributed by atoms with Crippen molar-refractivity contribution in [1.29, 1.82) is 0 Å². The highest BCUT2D eigenvalue weighted by atomic mass is 32.1. The summed E-state index contributed by atoms with van der Waals surface area (Å²) in [5.41, 5.74) is 19.6.